The Kier molecular flexibility index (Phi) is 3.20. The van der Waals surface area contributed by atoms with Crippen LogP contribution in [-0.2, 0) is 0 Å². The summed E-state index contributed by atoms with van der Waals surface area (Å²) in [5.74, 6) is 16.3. The molecule has 0 nitrogen and oxygen atoms in total. The molecule has 24 unspecified atom stereocenters. The minimum Gasteiger partial charge on any atom is -0.0949 e. The molecule has 0 heteroatoms. The number of hydrogen-bond donors (Lipinski definition) is 0. The van der Waals surface area contributed by atoms with Gasteiger partial charge >= 0.3 is 0 Å². The van der Waals surface area contributed by atoms with E-state index in [0.717, 1.165) is 53.3 Å². The van der Waals surface area contributed by atoms with Crippen LogP contribution >= 0.6 is 0 Å². The van der Waals surface area contributed by atoms with E-state index in [-0.39, 0.29) is 0 Å². The molecule has 0 N–H and O–H groups in total. The van der Waals surface area contributed by atoms with Crippen molar-refractivity contribution < 1.29 is 0 Å². The van der Waals surface area contributed by atoms with E-state index >= 15 is 0 Å². The average molecular weight is 813 g/mol. The molecule has 300 valence electrons. The molecular weight excluding hydrogens is 769 g/mol. The van der Waals surface area contributed by atoms with Crippen molar-refractivity contribution in [1.29, 1.82) is 0 Å². The second-order valence-corrected chi connectivity index (χ2v) is 27.6. The van der Waals surface area contributed by atoms with Gasteiger partial charge in [0.1, 0.15) is 0 Å². The standard InChI is InChI=1S/C64H44/c1-10-6-18-28-19-9-21-31-22(10)12(3)23-13(4)25-24-11(2)15(23)7-16-17-8-20-33(24)44-43(32(18)25)49-39(28)46-34(19)42-36(21)45-37-27(31)14(5)26-29(16)40-30(17)41-35(20)47-53(44)58(49)61-55(46)60-52(42)54(45)57-48(38(26)37)50(40)59-51(41)56(47)62(61)64(60)63(57)59/h7,9-10,12,17-18,20,24-26,30,32-38,40-42,45,48,50-51,57H,2,6,8H2,1,3-5H3/b15-7+,31-22-. The van der Waals surface area contributed by atoms with Crippen LogP contribution in [0.25, 0.3) is 38.6 Å². The number of rotatable bonds is 0. The van der Waals surface area contributed by atoms with Crippen LogP contribution in [0.4, 0.5) is 0 Å². The maximum atomic E-state index is 5.63. The van der Waals surface area contributed by atoms with Gasteiger partial charge in [0, 0.05) is 35.5 Å². The van der Waals surface area contributed by atoms with E-state index in [4.69, 9.17) is 6.58 Å². The number of fused-ring (bicyclic) bond motifs is 6. The maximum Gasteiger partial charge on any atom is 0.0180 e. The fourth-order valence-electron chi connectivity index (χ4n) is 28.8. The minimum atomic E-state index is 0.426. The molecule has 24 atom stereocenters. The minimum absolute atomic E-state index is 0.426. The van der Waals surface area contributed by atoms with E-state index in [1.807, 2.05) is 139 Å². The van der Waals surface area contributed by atoms with Crippen molar-refractivity contribution in [2.24, 2.45) is 124 Å². The molecule has 10 bridgehead atoms. The lowest BCUT2D eigenvalue weighted by Gasteiger charge is -2.62. The highest BCUT2D eigenvalue weighted by Gasteiger charge is 2.82. The van der Waals surface area contributed by atoms with Crippen molar-refractivity contribution >= 4 is 38.6 Å². The first-order valence-electron chi connectivity index (χ1n) is 27.0. The van der Waals surface area contributed by atoms with Crippen LogP contribution in [0, 0.1) is 124 Å². The van der Waals surface area contributed by atoms with Gasteiger partial charge in [-0.3, -0.25) is 0 Å². The Morgan fingerprint density at radius 3 is 2.17 bits per heavy atom. The van der Waals surface area contributed by atoms with Crippen molar-refractivity contribution in [3.8, 4) is 0 Å². The van der Waals surface area contributed by atoms with Gasteiger partial charge in [-0.2, -0.15) is 0 Å². The first-order chi connectivity index (χ1) is 31.5. The second kappa shape index (κ2) is 7.17. The van der Waals surface area contributed by atoms with Crippen LogP contribution in [0.1, 0.15) is 103 Å². The molecule has 2 aromatic carbocycles. The lowest BCUT2D eigenvalue weighted by Crippen LogP contribution is -2.56. The summed E-state index contributed by atoms with van der Waals surface area (Å²) in [7, 11) is 0. The van der Waals surface area contributed by atoms with E-state index in [0.29, 0.717) is 88.8 Å². The normalized spacial score (nSPS) is 58.5. The molecule has 64 heavy (non-hydrogen) atoms. The number of allylic oxidation sites excluding steroid dienone is 23. The quantitative estimate of drug-likeness (QED) is 0.249. The Bertz CT molecular complexity index is 3940. The summed E-state index contributed by atoms with van der Waals surface area (Å²) >= 11 is 0. The highest BCUT2D eigenvalue weighted by molar-refractivity contribution is 6.33. The third-order valence-corrected chi connectivity index (χ3v) is 28.1. The third-order valence-electron chi connectivity index (χ3n) is 28.1. The molecule has 2 aromatic rings. The highest BCUT2D eigenvalue weighted by atomic mass is 14.8. The zero-order valence-electron chi connectivity index (χ0n) is 36.6. The van der Waals surface area contributed by atoms with Gasteiger partial charge in [-0.1, -0.05) is 66.0 Å². The first kappa shape index (κ1) is 28.6. The van der Waals surface area contributed by atoms with E-state index < -0.39 is 0 Å². The summed E-state index contributed by atoms with van der Waals surface area (Å²) in [6, 6.07) is 0. The zero-order chi connectivity index (χ0) is 39.6. The van der Waals surface area contributed by atoms with Gasteiger partial charge in [0.15, 0.2) is 0 Å². The largest absolute Gasteiger partial charge is 0.0949 e. The molecule has 0 amide bonds. The van der Waals surface area contributed by atoms with Crippen LogP contribution in [0.2, 0.25) is 0 Å². The SMILES string of the molecule is C=C1/C2=C\C3=C4C5C(C)=C6/C7=C8/C(C)CC9C%10=C%11C=C7C7C%12C%13=C%14C%15C%16=C%17C%18c%19c%20c%21c%22c(c%10c(c%10c%22c%19C%16=C%13%10)C%11%12)C%10=C%21C(C%11CC3C(C4C%17C%15C5C6C%147)C%18C%20%11)C1C(C(C)=C2C8C)C%109. The van der Waals surface area contributed by atoms with Crippen LogP contribution in [0.3, 0.4) is 0 Å². The lowest BCUT2D eigenvalue weighted by atomic mass is 9.41. The van der Waals surface area contributed by atoms with Crippen molar-refractivity contribution in [1.82, 2.24) is 0 Å². The Morgan fingerprint density at radius 2 is 1.25 bits per heavy atom. The summed E-state index contributed by atoms with van der Waals surface area (Å²) < 4.78 is 0. The molecule has 0 aromatic heterocycles. The molecular formula is C64H44. The van der Waals surface area contributed by atoms with Gasteiger partial charge in [0.2, 0.25) is 0 Å². The summed E-state index contributed by atoms with van der Waals surface area (Å²) in [6.07, 6.45) is 8.96. The van der Waals surface area contributed by atoms with Crippen LogP contribution < -0.4 is 0 Å². The molecule has 24 aliphatic carbocycles. The summed E-state index contributed by atoms with van der Waals surface area (Å²) in [5, 5.41) is 3.74. The van der Waals surface area contributed by atoms with Crippen LogP contribution in [0.5, 0.6) is 0 Å². The zero-order valence-corrected chi connectivity index (χ0v) is 36.6. The highest BCUT2D eigenvalue weighted by Crippen LogP contribution is 2.92. The van der Waals surface area contributed by atoms with Crippen LogP contribution in [-0.4, -0.2) is 0 Å². The fraction of sp³-hybridized carbons (Fsp3) is 0.469. The Labute approximate surface area is 371 Å². The Hall–Kier alpha value is -4.42. The third kappa shape index (κ3) is 1.85. The van der Waals surface area contributed by atoms with Gasteiger partial charge in [-0.05, 0) is 272 Å². The van der Waals surface area contributed by atoms with Crippen molar-refractivity contribution in [2.45, 2.75) is 58.3 Å². The maximum absolute atomic E-state index is 5.63. The molecule has 0 aliphatic heterocycles. The predicted octanol–water partition coefficient (Wildman–Crippen LogP) is 12.6. The van der Waals surface area contributed by atoms with Crippen molar-refractivity contribution in [3.05, 3.63) is 152 Å². The molecule has 5 saturated carbocycles. The van der Waals surface area contributed by atoms with Gasteiger partial charge in [-0.15, -0.1) is 0 Å². The summed E-state index contributed by atoms with van der Waals surface area (Å²) in [5.41, 5.74) is 55.9. The van der Waals surface area contributed by atoms with Gasteiger partial charge in [0.25, 0.3) is 0 Å². The lowest BCUT2D eigenvalue weighted by molar-refractivity contribution is -0.0358. The summed E-state index contributed by atoms with van der Waals surface area (Å²) in [4.78, 5) is 0. The van der Waals surface area contributed by atoms with Gasteiger partial charge in [0.05, 0.1) is 0 Å². The van der Waals surface area contributed by atoms with E-state index in [1.165, 1.54) is 12.8 Å². The predicted molar refractivity (Wildman–Crippen MR) is 245 cm³/mol. The fourth-order valence-corrected chi connectivity index (χ4v) is 28.8. The molecule has 0 radical (unpaired) electrons. The van der Waals surface area contributed by atoms with Crippen molar-refractivity contribution in [2.75, 3.05) is 0 Å². The van der Waals surface area contributed by atoms with Gasteiger partial charge in [-0.25, -0.2) is 0 Å². The van der Waals surface area contributed by atoms with E-state index in [2.05, 4.69) is 56.6 Å². The molecule has 26 rings (SSSR count). The number of benzene rings is 2. The van der Waals surface area contributed by atoms with E-state index in [9.17, 15) is 0 Å². The first-order valence-corrected chi connectivity index (χ1v) is 27.0. The monoisotopic (exact) mass is 812 g/mol. The smallest absolute Gasteiger partial charge is 0.0180 e. The van der Waals surface area contributed by atoms with Crippen LogP contribution in [0.15, 0.2) is 108 Å². The van der Waals surface area contributed by atoms with E-state index in [1.54, 1.807) is 16.7 Å². The molecule has 5 fully saturated rings. The average Bonchev–Trinajstić information content (AvgIpc) is 4.16. The molecule has 0 saturated heterocycles. The number of hydrogen-bond acceptors (Lipinski definition) is 0. The second-order valence-electron chi connectivity index (χ2n) is 27.6. The Balaban J connectivity index is 1.07. The summed E-state index contributed by atoms with van der Waals surface area (Å²) in [6.45, 7) is 16.8. The molecule has 24 aliphatic rings. The van der Waals surface area contributed by atoms with Crippen molar-refractivity contribution in [3.63, 3.8) is 0 Å². The molecule has 0 spiro atoms. The van der Waals surface area contributed by atoms with Gasteiger partial charge < -0.3 is 0 Å². The Morgan fingerprint density at radius 1 is 0.453 bits per heavy atom. The topological polar surface area (TPSA) is 0 Å². The molecule has 0 heterocycles.